The fraction of sp³-hybridized carbons (Fsp3) is 0.455. The second kappa shape index (κ2) is 11.2. The molecule has 2 aromatic rings. The molecule has 6 nitrogen and oxygen atoms in total. The number of rotatable bonds is 4. The van der Waals surface area contributed by atoms with E-state index in [-0.39, 0.29) is 17.6 Å². The number of ketones is 1. The van der Waals surface area contributed by atoms with Crippen molar-refractivity contribution in [2.24, 2.45) is 5.92 Å². The second-order valence-corrected chi connectivity index (χ2v) is 11.2. The minimum atomic E-state index is -0.242. The number of anilines is 1. The Balaban J connectivity index is 1.31. The Bertz CT molecular complexity index is 1350. The van der Waals surface area contributed by atoms with Gasteiger partial charge in [-0.2, -0.15) is 0 Å². The van der Waals surface area contributed by atoms with Gasteiger partial charge in [0, 0.05) is 36.5 Å². The molecule has 0 bridgehead atoms. The third-order valence-electron chi connectivity index (χ3n) is 8.70. The number of benzene rings is 2. The van der Waals surface area contributed by atoms with E-state index in [1.165, 1.54) is 24.1 Å². The van der Waals surface area contributed by atoms with Gasteiger partial charge in [-0.25, -0.2) is 0 Å². The van der Waals surface area contributed by atoms with E-state index in [1.54, 1.807) is 0 Å². The molecule has 2 aliphatic heterocycles. The molecular weight excluding hydrogens is 486 g/mol. The summed E-state index contributed by atoms with van der Waals surface area (Å²) in [6.45, 7) is 2.11. The van der Waals surface area contributed by atoms with Gasteiger partial charge >= 0.3 is 0 Å². The Morgan fingerprint density at radius 2 is 1.79 bits per heavy atom. The molecule has 0 saturated heterocycles. The fourth-order valence-corrected chi connectivity index (χ4v) is 6.73. The first kappa shape index (κ1) is 25.6. The van der Waals surface area contributed by atoms with Gasteiger partial charge in [0.25, 0.3) is 5.91 Å². The van der Waals surface area contributed by atoms with Gasteiger partial charge in [-0.3, -0.25) is 9.59 Å². The fourth-order valence-electron chi connectivity index (χ4n) is 6.73. The maximum absolute atomic E-state index is 13.7. The predicted molar refractivity (Wildman–Crippen MR) is 153 cm³/mol. The topological polar surface area (TPSA) is 61.9 Å². The van der Waals surface area contributed by atoms with Crippen LogP contribution in [-0.4, -0.2) is 55.9 Å². The van der Waals surface area contributed by atoms with Crippen molar-refractivity contribution in [1.29, 1.82) is 0 Å². The highest BCUT2D eigenvalue weighted by Crippen LogP contribution is 2.40. The lowest BCUT2D eigenvalue weighted by atomic mass is 9.81. The second-order valence-electron chi connectivity index (χ2n) is 11.2. The largest absolute Gasteiger partial charge is 0.489 e. The number of carbonyl (C=O) groups excluding carboxylic acids is 2. The quantitative estimate of drug-likeness (QED) is 0.577. The van der Waals surface area contributed by atoms with Crippen molar-refractivity contribution in [2.45, 2.75) is 57.4 Å². The van der Waals surface area contributed by atoms with Crippen molar-refractivity contribution in [3.63, 3.8) is 0 Å². The number of nitrogens with one attached hydrogen (secondary N) is 1. The highest BCUT2D eigenvalue weighted by Gasteiger charge is 2.35. The molecule has 0 spiro atoms. The number of Topliss-reactive ketones (excluding diaryl/α,β-unsaturated/α-hetero) is 1. The first-order valence-electron chi connectivity index (χ1n) is 14.5. The van der Waals surface area contributed by atoms with E-state index < -0.39 is 0 Å². The van der Waals surface area contributed by atoms with E-state index in [9.17, 15) is 9.59 Å². The molecule has 1 atom stereocenters. The van der Waals surface area contributed by atoms with Crippen LogP contribution in [0, 0.1) is 17.8 Å². The maximum Gasteiger partial charge on any atom is 0.255 e. The highest BCUT2D eigenvalue weighted by atomic mass is 16.5. The first-order valence-corrected chi connectivity index (χ1v) is 14.5. The van der Waals surface area contributed by atoms with Crippen LogP contribution in [0.15, 0.2) is 53.7 Å². The molecule has 4 aliphatic rings. The minimum absolute atomic E-state index is 0.187. The van der Waals surface area contributed by atoms with Gasteiger partial charge in [0.2, 0.25) is 0 Å². The van der Waals surface area contributed by atoms with Gasteiger partial charge in [-0.05, 0) is 68.4 Å². The van der Waals surface area contributed by atoms with Gasteiger partial charge in [0.05, 0.1) is 30.3 Å². The van der Waals surface area contributed by atoms with E-state index >= 15 is 0 Å². The molecule has 39 heavy (non-hydrogen) atoms. The monoisotopic (exact) mass is 523 g/mol. The molecule has 1 N–H and O–H groups in total. The van der Waals surface area contributed by atoms with Crippen LogP contribution in [0.2, 0.25) is 0 Å². The van der Waals surface area contributed by atoms with Crippen LogP contribution < -0.4 is 15.0 Å². The molecule has 1 saturated carbocycles. The minimum Gasteiger partial charge on any atom is -0.489 e. The number of amides is 1. The van der Waals surface area contributed by atoms with Crippen molar-refractivity contribution in [2.75, 3.05) is 38.2 Å². The predicted octanol–water partition coefficient (Wildman–Crippen LogP) is 4.92. The molecule has 0 aromatic heterocycles. The average molecular weight is 524 g/mol. The summed E-state index contributed by atoms with van der Waals surface area (Å²) >= 11 is 0. The molecule has 0 radical (unpaired) electrons. The Morgan fingerprint density at radius 3 is 2.62 bits per heavy atom. The molecule has 2 heterocycles. The Hall–Kier alpha value is -3.72. The lowest BCUT2D eigenvalue weighted by molar-refractivity contribution is -0.123. The SMILES string of the molecule is CN1CC(=O)C(CNC(=O)c2cc(C#Cc3ccccc3)cc3c2OCCN3C2CCCC2)C2=C1CCCC2. The van der Waals surface area contributed by atoms with Crippen molar-refractivity contribution >= 4 is 17.4 Å². The number of carbonyl (C=O) groups is 2. The molecule has 1 fully saturated rings. The van der Waals surface area contributed by atoms with E-state index in [4.69, 9.17) is 4.74 Å². The molecular formula is C33H37N3O3. The molecule has 1 unspecified atom stereocenters. The van der Waals surface area contributed by atoms with Gasteiger partial charge in [-0.15, -0.1) is 0 Å². The summed E-state index contributed by atoms with van der Waals surface area (Å²) in [5, 5.41) is 3.12. The summed E-state index contributed by atoms with van der Waals surface area (Å²) in [6.07, 6.45) is 9.02. The zero-order valence-electron chi connectivity index (χ0n) is 22.8. The number of hydrogen-bond donors (Lipinski definition) is 1. The summed E-state index contributed by atoms with van der Waals surface area (Å²) < 4.78 is 6.16. The zero-order valence-corrected chi connectivity index (χ0v) is 22.8. The molecule has 2 aromatic carbocycles. The van der Waals surface area contributed by atoms with Crippen LogP contribution >= 0.6 is 0 Å². The number of fused-ring (bicyclic) bond motifs is 1. The molecule has 6 rings (SSSR count). The Labute approximate surface area is 231 Å². The van der Waals surface area contributed by atoms with Crippen LogP contribution in [0.1, 0.15) is 72.9 Å². The van der Waals surface area contributed by atoms with E-state index in [1.807, 2.05) is 43.4 Å². The van der Waals surface area contributed by atoms with Crippen LogP contribution in [0.3, 0.4) is 0 Å². The lowest BCUT2D eigenvalue weighted by Crippen LogP contribution is -2.44. The maximum atomic E-state index is 13.7. The number of allylic oxidation sites excluding steroid dienone is 1. The lowest BCUT2D eigenvalue weighted by Gasteiger charge is -2.38. The van der Waals surface area contributed by atoms with Crippen molar-refractivity contribution < 1.29 is 14.3 Å². The normalized spacial score (nSPS) is 21.1. The van der Waals surface area contributed by atoms with E-state index in [0.717, 1.165) is 61.9 Å². The Morgan fingerprint density at radius 1 is 1.03 bits per heavy atom. The third-order valence-corrected chi connectivity index (χ3v) is 8.70. The Kier molecular flexibility index (Phi) is 7.32. The van der Waals surface area contributed by atoms with Gasteiger partial charge in [0.15, 0.2) is 11.5 Å². The summed E-state index contributed by atoms with van der Waals surface area (Å²) in [4.78, 5) is 31.3. The molecule has 202 valence electrons. The molecule has 1 amide bonds. The highest BCUT2D eigenvalue weighted by molar-refractivity contribution is 6.00. The van der Waals surface area contributed by atoms with Gasteiger partial charge < -0.3 is 19.9 Å². The third kappa shape index (κ3) is 5.28. The van der Waals surface area contributed by atoms with Crippen LogP contribution in [0.25, 0.3) is 0 Å². The smallest absolute Gasteiger partial charge is 0.255 e. The van der Waals surface area contributed by atoms with Crippen molar-refractivity contribution in [1.82, 2.24) is 10.2 Å². The van der Waals surface area contributed by atoms with Crippen LogP contribution in [0.4, 0.5) is 5.69 Å². The van der Waals surface area contributed by atoms with Crippen LogP contribution in [0.5, 0.6) is 5.75 Å². The molecule has 2 aliphatic carbocycles. The van der Waals surface area contributed by atoms with E-state index in [0.29, 0.717) is 37.1 Å². The van der Waals surface area contributed by atoms with E-state index in [2.05, 4.69) is 33.0 Å². The van der Waals surface area contributed by atoms with Crippen molar-refractivity contribution in [3.05, 3.63) is 70.4 Å². The summed E-state index contributed by atoms with van der Waals surface area (Å²) in [7, 11) is 2.01. The standard InChI is InChI=1S/C33H37N3O3/c1-35-22-31(37)28(26-13-7-8-14-29(26)35)21-34-33(38)27-19-24(16-15-23-9-3-2-4-10-23)20-30-32(27)39-18-17-36(30)25-11-5-6-12-25/h2-4,9-10,19-20,25,28H,5-8,11-14,17-18,21-22H2,1H3,(H,34,38). The number of likely N-dealkylation sites (N-methyl/N-ethyl adjacent to an activating group) is 1. The number of ether oxygens (including phenoxy) is 1. The summed E-state index contributed by atoms with van der Waals surface area (Å²) in [5.41, 5.74) is 5.71. The van der Waals surface area contributed by atoms with Crippen LogP contribution in [-0.2, 0) is 4.79 Å². The first-order chi connectivity index (χ1) is 19.1. The summed E-state index contributed by atoms with van der Waals surface area (Å²) in [6, 6.07) is 14.3. The number of hydrogen-bond acceptors (Lipinski definition) is 5. The van der Waals surface area contributed by atoms with Gasteiger partial charge in [-0.1, -0.05) is 42.9 Å². The zero-order chi connectivity index (χ0) is 26.8. The average Bonchev–Trinajstić information content (AvgIpc) is 3.50. The van der Waals surface area contributed by atoms with Gasteiger partial charge in [0.1, 0.15) is 6.61 Å². The van der Waals surface area contributed by atoms with Crippen molar-refractivity contribution in [3.8, 4) is 17.6 Å². The summed E-state index contributed by atoms with van der Waals surface area (Å²) in [5.74, 6) is 6.92. The molecule has 6 heteroatoms. The number of nitrogens with zero attached hydrogens (tertiary/aromatic N) is 2.